The van der Waals surface area contributed by atoms with Crippen molar-refractivity contribution < 1.29 is 17.9 Å². The Kier molecular flexibility index (Phi) is 5.98. The van der Waals surface area contributed by atoms with Crippen LogP contribution in [0.5, 0.6) is 5.75 Å². The van der Waals surface area contributed by atoms with E-state index in [-0.39, 0.29) is 23.4 Å². The lowest BCUT2D eigenvalue weighted by molar-refractivity contribution is -0.132. The van der Waals surface area contributed by atoms with Gasteiger partial charge in [0.2, 0.25) is 15.9 Å². The first-order chi connectivity index (χ1) is 14.9. The van der Waals surface area contributed by atoms with E-state index in [1.165, 1.54) is 7.05 Å². The zero-order valence-electron chi connectivity index (χ0n) is 17.7. The Morgan fingerprint density at radius 3 is 2.48 bits per heavy atom. The fourth-order valence-electron chi connectivity index (χ4n) is 4.11. The third kappa shape index (κ3) is 4.29. The highest BCUT2D eigenvalue weighted by Gasteiger charge is 2.32. The first-order valence-electron chi connectivity index (χ1n) is 10.3. The summed E-state index contributed by atoms with van der Waals surface area (Å²) in [5.74, 6) is 0.575. The molecule has 3 aromatic rings. The summed E-state index contributed by atoms with van der Waals surface area (Å²) in [5.41, 5.74) is 1.03. The number of carbonyl (C=O) groups is 1. The number of methoxy groups -OCH3 is 1. The number of likely N-dealkylation sites (N-methyl/N-ethyl adjacent to an activating group) is 1. The van der Waals surface area contributed by atoms with Crippen molar-refractivity contribution in [2.45, 2.75) is 23.8 Å². The van der Waals surface area contributed by atoms with Gasteiger partial charge in [-0.15, -0.1) is 0 Å². The molecule has 0 bridgehead atoms. The van der Waals surface area contributed by atoms with Gasteiger partial charge in [0.05, 0.1) is 24.6 Å². The van der Waals surface area contributed by atoms with Gasteiger partial charge >= 0.3 is 0 Å². The van der Waals surface area contributed by atoms with Crippen LogP contribution in [0, 0.1) is 0 Å². The highest BCUT2D eigenvalue weighted by Crippen LogP contribution is 2.33. The molecule has 1 unspecified atom stereocenters. The zero-order valence-corrected chi connectivity index (χ0v) is 18.5. The second-order valence-electron chi connectivity index (χ2n) is 7.79. The third-order valence-corrected chi connectivity index (χ3v) is 7.66. The highest BCUT2D eigenvalue weighted by atomic mass is 32.2. The fourth-order valence-corrected chi connectivity index (χ4v) is 5.27. The Morgan fingerprint density at radius 2 is 1.77 bits per heavy atom. The predicted octanol–water partition coefficient (Wildman–Crippen LogP) is 3.83. The van der Waals surface area contributed by atoms with Crippen molar-refractivity contribution >= 4 is 26.7 Å². The van der Waals surface area contributed by atoms with Gasteiger partial charge in [0, 0.05) is 13.6 Å². The lowest BCUT2D eigenvalue weighted by Gasteiger charge is -2.27. The van der Waals surface area contributed by atoms with Crippen LogP contribution < -0.4 is 4.74 Å². The summed E-state index contributed by atoms with van der Waals surface area (Å²) in [4.78, 5) is 15.0. The van der Waals surface area contributed by atoms with Crippen molar-refractivity contribution in [3.8, 4) is 5.75 Å². The van der Waals surface area contributed by atoms with E-state index < -0.39 is 10.0 Å². The molecule has 0 saturated carbocycles. The molecule has 4 rings (SSSR count). The summed E-state index contributed by atoms with van der Waals surface area (Å²) < 4.78 is 32.5. The molecule has 1 aliphatic rings. The quantitative estimate of drug-likeness (QED) is 0.587. The molecule has 0 spiro atoms. The topological polar surface area (TPSA) is 66.9 Å². The molecule has 7 heteroatoms. The first-order valence-corrected chi connectivity index (χ1v) is 11.7. The van der Waals surface area contributed by atoms with Crippen LogP contribution in [0.15, 0.2) is 71.6 Å². The summed E-state index contributed by atoms with van der Waals surface area (Å²) >= 11 is 0. The number of sulfonamides is 1. The molecule has 1 amide bonds. The van der Waals surface area contributed by atoms with Gasteiger partial charge in [0.1, 0.15) is 5.75 Å². The molecule has 1 fully saturated rings. The molecule has 0 aliphatic carbocycles. The van der Waals surface area contributed by atoms with Crippen molar-refractivity contribution in [2.75, 3.05) is 27.2 Å². The van der Waals surface area contributed by atoms with Crippen LogP contribution in [-0.4, -0.2) is 50.8 Å². The van der Waals surface area contributed by atoms with Crippen LogP contribution >= 0.6 is 0 Å². The molecule has 0 N–H and O–H groups in total. The minimum absolute atomic E-state index is 0.0461. The molecule has 3 aromatic carbocycles. The molecular formula is C24H26N2O4S. The maximum absolute atomic E-state index is 13.1. The van der Waals surface area contributed by atoms with Crippen molar-refractivity contribution in [2.24, 2.45) is 0 Å². The smallest absolute Gasteiger partial charge is 0.243 e. The lowest BCUT2D eigenvalue weighted by atomic mass is 10.0. The van der Waals surface area contributed by atoms with E-state index >= 15 is 0 Å². The van der Waals surface area contributed by atoms with Crippen molar-refractivity contribution in [1.82, 2.24) is 9.21 Å². The number of rotatable bonds is 6. The van der Waals surface area contributed by atoms with Crippen molar-refractivity contribution in [3.63, 3.8) is 0 Å². The summed E-state index contributed by atoms with van der Waals surface area (Å²) in [6.45, 7) is 0.432. The number of fused-ring (bicyclic) bond motifs is 1. The van der Waals surface area contributed by atoms with E-state index in [2.05, 4.69) is 0 Å². The summed E-state index contributed by atoms with van der Waals surface area (Å²) in [7, 11) is -0.700. The zero-order chi connectivity index (χ0) is 22.0. The Hall–Kier alpha value is -2.90. The first kappa shape index (κ1) is 21.3. The molecule has 162 valence electrons. The normalized spacial score (nSPS) is 16.7. The van der Waals surface area contributed by atoms with E-state index in [0.29, 0.717) is 6.54 Å². The largest absolute Gasteiger partial charge is 0.497 e. The molecular weight excluding hydrogens is 412 g/mol. The van der Waals surface area contributed by atoms with E-state index in [9.17, 15) is 13.2 Å². The average Bonchev–Trinajstić information content (AvgIpc) is 3.29. The van der Waals surface area contributed by atoms with Crippen LogP contribution in [-0.2, 0) is 14.8 Å². The number of hydrogen-bond acceptors (Lipinski definition) is 4. The molecule has 6 nitrogen and oxygen atoms in total. The Labute approximate surface area is 183 Å². The number of nitrogens with zero attached hydrogens (tertiary/aromatic N) is 2. The van der Waals surface area contributed by atoms with Gasteiger partial charge in [-0.1, -0.05) is 42.5 Å². The van der Waals surface area contributed by atoms with Crippen LogP contribution in [0.25, 0.3) is 10.8 Å². The Balaban J connectivity index is 1.50. The van der Waals surface area contributed by atoms with Gasteiger partial charge in [0.15, 0.2) is 0 Å². The second-order valence-corrected chi connectivity index (χ2v) is 9.83. The van der Waals surface area contributed by atoms with E-state index in [4.69, 9.17) is 4.74 Å². The molecule has 1 saturated heterocycles. The maximum Gasteiger partial charge on any atom is 0.243 e. The van der Waals surface area contributed by atoms with Crippen molar-refractivity contribution in [1.29, 1.82) is 0 Å². The predicted molar refractivity (Wildman–Crippen MR) is 120 cm³/mol. The van der Waals surface area contributed by atoms with Gasteiger partial charge in [-0.05, 0) is 53.4 Å². The van der Waals surface area contributed by atoms with Crippen LogP contribution in [0.1, 0.15) is 24.4 Å². The van der Waals surface area contributed by atoms with Gasteiger partial charge in [-0.2, -0.15) is 4.31 Å². The number of carbonyl (C=O) groups excluding carboxylic acids is 1. The number of benzene rings is 3. The van der Waals surface area contributed by atoms with Gasteiger partial charge < -0.3 is 9.64 Å². The van der Waals surface area contributed by atoms with E-state index in [1.807, 2.05) is 48.5 Å². The minimum atomic E-state index is -3.78. The monoisotopic (exact) mass is 438 g/mol. The molecule has 0 aromatic heterocycles. The average molecular weight is 439 g/mol. The van der Waals surface area contributed by atoms with E-state index in [0.717, 1.165) is 39.2 Å². The second kappa shape index (κ2) is 8.69. The molecule has 31 heavy (non-hydrogen) atoms. The Morgan fingerprint density at radius 1 is 1.06 bits per heavy atom. The fraction of sp³-hybridized carbons (Fsp3) is 0.292. The van der Waals surface area contributed by atoms with Crippen LogP contribution in [0.2, 0.25) is 0 Å². The van der Waals surface area contributed by atoms with Crippen LogP contribution in [0.4, 0.5) is 0 Å². The third-order valence-electron chi connectivity index (χ3n) is 5.86. The summed E-state index contributed by atoms with van der Waals surface area (Å²) in [6.07, 6.45) is 1.75. The number of likely N-dealkylation sites (tertiary alicyclic amines) is 1. The highest BCUT2D eigenvalue weighted by molar-refractivity contribution is 7.89. The molecule has 1 atom stereocenters. The summed E-state index contributed by atoms with van der Waals surface area (Å²) in [5, 5.41) is 1.82. The Bertz CT molecular complexity index is 1190. The molecule has 0 radical (unpaired) electrons. The lowest BCUT2D eigenvalue weighted by Crippen LogP contribution is -2.40. The molecule has 1 heterocycles. The number of hydrogen-bond donors (Lipinski definition) is 0. The SMILES string of the molecule is COc1ccc(C2CCCN2C(=O)CN(C)S(=O)(=O)c2ccc3ccccc3c2)cc1. The minimum Gasteiger partial charge on any atom is -0.497 e. The van der Waals surface area contributed by atoms with Gasteiger partial charge in [0.25, 0.3) is 0 Å². The van der Waals surface area contributed by atoms with Crippen molar-refractivity contribution in [3.05, 3.63) is 72.3 Å². The molecule has 1 aliphatic heterocycles. The number of ether oxygens (including phenoxy) is 1. The van der Waals surface area contributed by atoms with Gasteiger partial charge in [-0.3, -0.25) is 4.79 Å². The maximum atomic E-state index is 13.1. The van der Waals surface area contributed by atoms with Crippen LogP contribution in [0.3, 0.4) is 0 Å². The summed E-state index contributed by atoms with van der Waals surface area (Å²) in [6, 6.07) is 20.3. The number of amides is 1. The standard InChI is InChI=1S/C24H26N2O4S/c1-25(31(28,29)22-14-11-18-6-3-4-7-20(18)16-22)17-24(27)26-15-5-8-23(26)19-9-12-21(30-2)13-10-19/h3-4,6-7,9-14,16,23H,5,8,15,17H2,1-2H3. The van der Waals surface area contributed by atoms with Gasteiger partial charge in [-0.25, -0.2) is 8.42 Å². The van der Waals surface area contributed by atoms with E-state index in [1.54, 1.807) is 30.2 Å².